The molecule has 23 heavy (non-hydrogen) atoms. The van der Waals surface area contributed by atoms with Gasteiger partial charge in [-0.2, -0.15) is 5.26 Å². The second kappa shape index (κ2) is 6.39. The number of hydrogen-bond acceptors (Lipinski definition) is 4. The van der Waals surface area contributed by atoms with Gasteiger partial charge in [-0.05, 0) is 31.9 Å². The molecular weight excluding hydrogens is 292 g/mol. The average Bonchev–Trinajstić information content (AvgIpc) is 2.59. The summed E-state index contributed by atoms with van der Waals surface area (Å²) in [7, 11) is 0. The molecule has 1 unspecified atom stereocenters. The Balaban J connectivity index is 1.75. The number of carbonyl (C=O) groups excluding carboxylic acids is 2. The number of carbonyl (C=O) groups is 2. The monoisotopic (exact) mass is 312 g/mol. The van der Waals surface area contributed by atoms with Crippen molar-refractivity contribution in [3.8, 4) is 6.07 Å². The summed E-state index contributed by atoms with van der Waals surface area (Å²) in [5.41, 5.74) is 1.42. The summed E-state index contributed by atoms with van der Waals surface area (Å²) in [6, 6.07) is 9.35. The van der Waals surface area contributed by atoms with Crippen LogP contribution in [0.3, 0.4) is 0 Å². The van der Waals surface area contributed by atoms with Gasteiger partial charge < -0.3 is 5.32 Å². The first-order chi connectivity index (χ1) is 11.1. The van der Waals surface area contributed by atoms with Crippen LogP contribution in [0.5, 0.6) is 0 Å². The third-order valence-electron chi connectivity index (χ3n) is 4.65. The Hall–Kier alpha value is -2.39. The number of nitrogens with one attached hydrogen (secondary N) is 1. The number of fused-ring (bicyclic) bond motifs is 1. The molecule has 2 aliphatic heterocycles. The van der Waals surface area contributed by atoms with Gasteiger partial charge in [0.2, 0.25) is 11.8 Å². The van der Waals surface area contributed by atoms with Crippen molar-refractivity contribution in [1.29, 1.82) is 5.26 Å². The quantitative estimate of drug-likeness (QED) is 0.900. The van der Waals surface area contributed by atoms with Crippen LogP contribution in [-0.4, -0.2) is 42.4 Å². The minimum Gasteiger partial charge on any atom is -0.323 e. The third-order valence-corrected chi connectivity index (χ3v) is 4.65. The molecule has 0 bridgehead atoms. The van der Waals surface area contributed by atoms with Crippen LogP contribution in [0.25, 0.3) is 0 Å². The fraction of sp³-hybridized carbons (Fsp3) is 0.471. The fourth-order valence-electron chi connectivity index (χ4n) is 3.23. The summed E-state index contributed by atoms with van der Waals surface area (Å²) in [5.74, 6) is -0.148. The number of piperidine rings is 1. The van der Waals surface area contributed by atoms with E-state index in [2.05, 4.69) is 16.3 Å². The number of rotatable bonds is 2. The van der Waals surface area contributed by atoms with Gasteiger partial charge in [0.05, 0.1) is 23.5 Å². The average molecular weight is 312 g/mol. The molecule has 6 nitrogen and oxygen atoms in total. The molecule has 0 spiro atoms. The van der Waals surface area contributed by atoms with E-state index in [-0.39, 0.29) is 30.3 Å². The summed E-state index contributed by atoms with van der Waals surface area (Å²) < 4.78 is 0. The van der Waals surface area contributed by atoms with Crippen molar-refractivity contribution in [3.63, 3.8) is 0 Å². The molecule has 3 rings (SSSR count). The third kappa shape index (κ3) is 3.06. The van der Waals surface area contributed by atoms with E-state index in [0.717, 1.165) is 31.6 Å². The van der Waals surface area contributed by atoms with Gasteiger partial charge in [0, 0.05) is 19.0 Å². The van der Waals surface area contributed by atoms with Crippen molar-refractivity contribution in [2.24, 2.45) is 5.92 Å². The zero-order valence-electron chi connectivity index (χ0n) is 13.2. The number of para-hydroxylation sites is 2. The minimum absolute atomic E-state index is 0.0504. The van der Waals surface area contributed by atoms with Crippen LogP contribution < -0.4 is 10.2 Å². The van der Waals surface area contributed by atoms with Crippen LogP contribution >= 0.6 is 0 Å². The number of anilines is 2. The first-order valence-electron chi connectivity index (χ1n) is 7.94. The van der Waals surface area contributed by atoms with E-state index in [9.17, 15) is 9.59 Å². The van der Waals surface area contributed by atoms with Crippen LogP contribution in [0.1, 0.15) is 19.8 Å². The van der Waals surface area contributed by atoms with E-state index in [0.29, 0.717) is 5.69 Å². The Kier molecular flexibility index (Phi) is 4.30. The molecule has 1 atom stereocenters. The van der Waals surface area contributed by atoms with E-state index >= 15 is 0 Å². The molecule has 1 N–H and O–H groups in total. The zero-order chi connectivity index (χ0) is 16.4. The normalized spacial score (nSPS) is 20.3. The number of nitriles is 1. The Labute approximate surface area is 135 Å². The lowest BCUT2D eigenvalue weighted by Crippen LogP contribution is -2.52. The molecule has 1 aromatic rings. The number of likely N-dealkylation sites (tertiary alicyclic amines) is 1. The van der Waals surface area contributed by atoms with E-state index in [1.807, 2.05) is 25.1 Å². The predicted molar refractivity (Wildman–Crippen MR) is 86.8 cm³/mol. The minimum atomic E-state index is -0.298. The van der Waals surface area contributed by atoms with Crippen LogP contribution in [0.2, 0.25) is 0 Å². The molecule has 0 saturated carbocycles. The van der Waals surface area contributed by atoms with E-state index in [1.54, 1.807) is 11.0 Å². The maximum atomic E-state index is 12.9. The molecule has 1 aromatic carbocycles. The Morgan fingerprint density at radius 2 is 2.04 bits per heavy atom. The summed E-state index contributed by atoms with van der Waals surface area (Å²) in [6.07, 6.45) is 1.59. The van der Waals surface area contributed by atoms with Gasteiger partial charge in [-0.3, -0.25) is 19.4 Å². The highest BCUT2D eigenvalue weighted by atomic mass is 16.2. The van der Waals surface area contributed by atoms with E-state index < -0.39 is 0 Å². The summed E-state index contributed by atoms with van der Waals surface area (Å²) in [4.78, 5) is 28.4. The van der Waals surface area contributed by atoms with Crippen molar-refractivity contribution >= 4 is 23.2 Å². The number of benzene rings is 1. The van der Waals surface area contributed by atoms with Gasteiger partial charge in [-0.1, -0.05) is 12.1 Å². The van der Waals surface area contributed by atoms with Gasteiger partial charge in [0.1, 0.15) is 6.54 Å². The number of nitrogens with zero attached hydrogens (tertiary/aromatic N) is 3. The molecule has 0 radical (unpaired) electrons. The fourth-order valence-corrected chi connectivity index (χ4v) is 3.23. The van der Waals surface area contributed by atoms with Crippen molar-refractivity contribution in [2.75, 3.05) is 29.9 Å². The molecule has 2 amide bonds. The standard InChI is InChI=1S/C17H20N4O2/c1-12(20-8-6-13(10-18)7-9-20)17(23)21-11-16(22)19-14-4-2-3-5-15(14)21/h2-5,12-13H,6-9,11H2,1H3,(H,19,22). The maximum Gasteiger partial charge on any atom is 0.244 e. The van der Waals surface area contributed by atoms with Crippen molar-refractivity contribution in [1.82, 2.24) is 4.90 Å². The van der Waals surface area contributed by atoms with Gasteiger partial charge in [-0.15, -0.1) is 0 Å². The molecular formula is C17H20N4O2. The highest BCUT2D eigenvalue weighted by Crippen LogP contribution is 2.30. The Bertz CT molecular complexity index is 659. The Morgan fingerprint density at radius 3 is 2.74 bits per heavy atom. The smallest absolute Gasteiger partial charge is 0.244 e. The first kappa shape index (κ1) is 15.5. The highest BCUT2D eigenvalue weighted by Gasteiger charge is 2.33. The molecule has 6 heteroatoms. The highest BCUT2D eigenvalue weighted by molar-refractivity contribution is 6.11. The molecule has 2 heterocycles. The van der Waals surface area contributed by atoms with Crippen molar-refractivity contribution in [3.05, 3.63) is 24.3 Å². The Morgan fingerprint density at radius 1 is 1.35 bits per heavy atom. The molecule has 2 aliphatic rings. The second-order valence-corrected chi connectivity index (χ2v) is 6.11. The maximum absolute atomic E-state index is 12.9. The lowest BCUT2D eigenvalue weighted by Gasteiger charge is -2.37. The number of hydrogen-bond donors (Lipinski definition) is 1. The lowest BCUT2D eigenvalue weighted by molar-refractivity contribution is -0.125. The topological polar surface area (TPSA) is 76.4 Å². The van der Waals surface area contributed by atoms with Crippen LogP contribution in [0.15, 0.2) is 24.3 Å². The molecule has 120 valence electrons. The van der Waals surface area contributed by atoms with Crippen LogP contribution in [0.4, 0.5) is 11.4 Å². The van der Waals surface area contributed by atoms with Crippen LogP contribution in [0, 0.1) is 17.2 Å². The SMILES string of the molecule is CC(C(=O)N1CC(=O)Nc2ccccc21)N1CCC(C#N)CC1. The summed E-state index contributed by atoms with van der Waals surface area (Å²) in [6.45, 7) is 3.42. The molecule has 0 aromatic heterocycles. The summed E-state index contributed by atoms with van der Waals surface area (Å²) in [5, 5.41) is 11.8. The molecule has 1 saturated heterocycles. The first-order valence-corrected chi connectivity index (χ1v) is 7.94. The van der Waals surface area contributed by atoms with E-state index in [4.69, 9.17) is 5.26 Å². The lowest BCUT2D eigenvalue weighted by atomic mass is 9.97. The number of amides is 2. The van der Waals surface area contributed by atoms with Gasteiger partial charge in [-0.25, -0.2) is 0 Å². The largest absolute Gasteiger partial charge is 0.323 e. The van der Waals surface area contributed by atoms with Crippen molar-refractivity contribution in [2.45, 2.75) is 25.8 Å². The van der Waals surface area contributed by atoms with Crippen LogP contribution in [-0.2, 0) is 9.59 Å². The second-order valence-electron chi connectivity index (χ2n) is 6.11. The van der Waals surface area contributed by atoms with E-state index in [1.165, 1.54) is 0 Å². The van der Waals surface area contributed by atoms with Gasteiger partial charge in [0.25, 0.3) is 0 Å². The molecule has 0 aliphatic carbocycles. The zero-order valence-corrected chi connectivity index (χ0v) is 13.2. The van der Waals surface area contributed by atoms with Gasteiger partial charge >= 0.3 is 0 Å². The molecule has 1 fully saturated rings. The van der Waals surface area contributed by atoms with Crippen molar-refractivity contribution < 1.29 is 9.59 Å². The predicted octanol–water partition coefficient (Wildman–Crippen LogP) is 1.60. The summed E-state index contributed by atoms with van der Waals surface area (Å²) >= 11 is 0. The van der Waals surface area contributed by atoms with Gasteiger partial charge in [0.15, 0.2) is 0 Å².